The smallest absolute Gasteiger partial charge is 0.242 e. The number of nitrogens with one attached hydrogen (secondary N) is 2. The lowest BCUT2D eigenvalue weighted by Crippen LogP contribution is -2.42. The van der Waals surface area contributed by atoms with Crippen LogP contribution in [0.1, 0.15) is 22.7 Å². The van der Waals surface area contributed by atoms with E-state index in [2.05, 4.69) is 20.6 Å². The van der Waals surface area contributed by atoms with Crippen molar-refractivity contribution in [1.29, 1.82) is 0 Å². The molecule has 6 nitrogen and oxygen atoms in total. The molecule has 1 unspecified atom stereocenters. The van der Waals surface area contributed by atoms with E-state index in [-0.39, 0.29) is 5.91 Å². The van der Waals surface area contributed by atoms with E-state index >= 15 is 0 Å². The Morgan fingerprint density at radius 3 is 2.48 bits per heavy atom. The van der Waals surface area contributed by atoms with E-state index in [1.165, 1.54) is 0 Å². The zero-order chi connectivity index (χ0) is 19.1. The Morgan fingerprint density at radius 1 is 1.07 bits per heavy atom. The topological polar surface area (TPSA) is 80.0 Å². The van der Waals surface area contributed by atoms with E-state index < -0.39 is 6.04 Å². The average Bonchev–Trinajstić information content (AvgIpc) is 3.14. The van der Waals surface area contributed by atoms with Crippen molar-refractivity contribution in [3.8, 4) is 0 Å². The van der Waals surface area contributed by atoms with Gasteiger partial charge in [0.2, 0.25) is 11.9 Å². The maximum Gasteiger partial charge on any atom is 0.242 e. The lowest BCUT2D eigenvalue weighted by Gasteiger charge is -2.19. The van der Waals surface area contributed by atoms with Crippen LogP contribution in [-0.2, 0) is 17.6 Å². The summed E-state index contributed by atoms with van der Waals surface area (Å²) in [7, 11) is 0. The third-order valence-corrected chi connectivity index (χ3v) is 4.14. The molecule has 0 radical (unpaired) electrons. The van der Waals surface area contributed by atoms with Gasteiger partial charge in [0.1, 0.15) is 11.8 Å². The molecule has 0 spiro atoms. The Kier molecular flexibility index (Phi) is 6.20. The quantitative estimate of drug-likeness (QED) is 0.642. The summed E-state index contributed by atoms with van der Waals surface area (Å²) in [4.78, 5) is 21.6. The number of furan rings is 1. The van der Waals surface area contributed by atoms with Gasteiger partial charge in [-0.1, -0.05) is 30.3 Å². The molecule has 2 N–H and O–H groups in total. The summed E-state index contributed by atoms with van der Waals surface area (Å²) in [6.45, 7) is 4.33. The molecule has 3 rings (SSSR count). The van der Waals surface area contributed by atoms with Crippen LogP contribution in [0.25, 0.3) is 0 Å². The molecule has 0 aliphatic carbocycles. The molecule has 0 aliphatic heterocycles. The molecule has 0 bridgehead atoms. The fourth-order valence-corrected chi connectivity index (χ4v) is 2.89. The highest BCUT2D eigenvalue weighted by atomic mass is 16.3. The summed E-state index contributed by atoms with van der Waals surface area (Å²) in [6, 6.07) is 15.1. The van der Waals surface area contributed by atoms with Crippen LogP contribution in [0.4, 0.5) is 5.95 Å². The second kappa shape index (κ2) is 8.98. The first kappa shape index (κ1) is 18.6. The van der Waals surface area contributed by atoms with Crippen molar-refractivity contribution >= 4 is 11.9 Å². The predicted octanol–water partition coefficient (Wildman–Crippen LogP) is 3.07. The number of carbonyl (C=O) groups excluding carboxylic acids is 1. The molecular formula is C21H24N4O2. The van der Waals surface area contributed by atoms with Crippen molar-refractivity contribution < 1.29 is 9.21 Å². The molecule has 2 heterocycles. The molecule has 0 aliphatic rings. The van der Waals surface area contributed by atoms with Crippen molar-refractivity contribution in [2.24, 2.45) is 0 Å². The monoisotopic (exact) mass is 364 g/mol. The molecule has 1 aromatic carbocycles. The minimum atomic E-state index is -0.467. The summed E-state index contributed by atoms with van der Waals surface area (Å²) in [5.74, 6) is 1.23. The fraction of sp³-hybridized carbons (Fsp3) is 0.286. The second-order valence-electron chi connectivity index (χ2n) is 6.48. The second-order valence-corrected chi connectivity index (χ2v) is 6.48. The van der Waals surface area contributed by atoms with Crippen molar-refractivity contribution in [1.82, 2.24) is 15.3 Å². The lowest BCUT2D eigenvalue weighted by molar-refractivity contribution is -0.121. The number of aryl methyl sites for hydroxylation is 2. The minimum absolute atomic E-state index is 0.0897. The van der Waals surface area contributed by atoms with Crippen LogP contribution in [0.15, 0.2) is 59.2 Å². The van der Waals surface area contributed by atoms with Crippen LogP contribution in [0, 0.1) is 13.8 Å². The number of aromatic nitrogens is 2. The van der Waals surface area contributed by atoms with Gasteiger partial charge < -0.3 is 15.1 Å². The first-order chi connectivity index (χ1) is 13.1. The number of nitrogens with zero attached hydrogens (tertiary/aromatic N) is 2. The van der Waals surface area contributed by atoms with Crippen LogP contribution < -0.4 is 10.6 Å². The van der Waals surface area contributed by atoms with E-state index in [4.69, 9.17) is 4.42 Å². The van der Waals surface area contributed by atoms with Gasteiger partial charge in [0.05, 0.1) is 6.26 Å². The normalized spacial score (nSPS) is 11.8. The highest BCUT2D eigenvalue weighted by Gasteiger charge is 2.20. The van der Waals surface area contributed by atoms with Crippen molar-refractivity contribution in [2.45, 2.75) is 32.7 Å². The summed E-state index contributed by atoms with van der Waals surface area (Å²) >= 11 is 0. The van der Waals surface area contributed by atoms with E-state index in [9.17, 15) is 4.79 Å². The number of carbonyl (C=O) groups is 1. The van der Waals surface area contributed by atoms with E-state index in [0.717, 1.165) is 22.7 Å². The Labute approximate surface area is 159 Å². The molecule has 1 atom stereocenters. The largest absolute Gasteiger partial charge is 0.469 e. The van der Waals surface area contributed by atoms with Crippen molar-refractivity contribution in [3.05, 3.63) is 77.5 Å². The van der Waals surface area contributed by atoms with Gasteiger partial charge in [-0.2, -0.15) is 0 Å². The molecule has 140 valence electrons. The number of hydrogen-bond acceptors (Lipinski definition) is 5. The molecule has 2 aromatic heterocycles. The molecule has 27 heavy (non-hydrogen) atoms. The van der Waals surface area contributed by atoms with Gasteiger partial charge in [0, 0.05) is 30.8 Å². The Bertz CT molecular complexity index is 843. The zero-order valence-corrected chi connectivity index (χ0v) is 15.6. The molecule has 0 saturated heterocycles. The van der Waals surface area contributed by atoms with E-state index in [1.54, 1.807) is 6.26 Å². The Balaban J connectivity index is 1.68. The van der Waals surface area contributed by atoms with Gasteiger partial charge >= 0.3 is 0 Å². The summed E-state index contributed by atoms with van der Waals surface area (Å²) in [5, 5.41) is 6.17. The molecule has 3 aromatic rings. The third kappa shape index (κ3) is 5.67. The van der Waals surface area contributed by atoms with Gasteiger partial charge in [-0.05, 0) is 37.6 Å². The molecule has 0 fully saturated rings. The van der Waals surface area contributed by atoms with Crippen LogP contribution in [0.5, 0.6) is 0 Å². The number of anilines is 1. The number of rotatable bonds is 8. The summed E-state index contributed by atoms with van der Waals surface area (Å²) < 4.78 is 5.31. The SMILES string of the molecule is Cc1cc(C)nc(NC(Cc2ccccc2)C(=O)NCCc2ccco2)n1. The van der Waals surface area contributed by atoms with Gasteiger partial charge in [0.15, 0.2) is 0 Å². The predicted molar refractivity (Wildman–Crippen MR) is 104 cm³/mol. The van der Waals surface area contributed by atoms with Crippen molar-refractivity contribution in [2.75, 3.05) is 11.9 Å². The maximum absolute atomic E-state index is 12.8. The highest BCUT2D eigenvalue weighted by molar-refractivity contribution is 5.84. The Morgan fingerprint density at radius 2 is 1.81 bits per heavy atom. The first-order valence-corrected chi connectivity index (χ1v) is 9.03. The van der Waals surface area contributed by atoms with Gasteiger partial charge in [-0.15, -0.1) is 0 Å². The molecular weight excluding hydrogens is 340 g/mol. The standard InChI is InChI=1S/C21H24N4O2/c1-15-13-16(2)24-21(23-15)25-19(14-17-7-4-3-5-8-17)20(26)22-11-10-18-9-6-12-27-18/h3-9,12-13,19H,10-11,14H2,1-2H3,(H,22,26)(H,23,24,25). The maximum atomic E-state index is 12.8. The zero-order valence-electron chi connectivity index (χ0n) is 15.6. The van der Waals surface area contributed by atoms with Crippen LogP contribution >= 0.6 is 0 Å². The average molecular weight is 364 g/mol. The highest BCUT2D eigenvalue weighted by Crippen LogP contribution is 2.10. The van der Waals surface area contributed by atoms with Crippen molar-refractivity contribution in [3.63, 3.8) is 0 Å². The summed E-state index contributed by atoms with van der Waals surface area (Å²) in [6.07, 6.45) is 2.83. The molecule has 6 heteroatoms. The minimum Gasteiger partial charge on any atom is -0.469 e. The lowest BCUT2D eigenvalue weighted by atomic mass is 10.1. The van der Waals surface area contributed by atoms with E-state index in [1.807, 2.05) is 62.4 Å². The van der Waals surface area contributed by atoms with Crippen LogP contribution in [0.3, 0.4) is 0 Å². The number of benzene rings is 1. The number of amides is 1. The van der Waals surface area contributed by atoms with E-state index in [0.29, 0.717) is 25.3 Å². The van der Waals surface area contributed by atoms with Crippen LogP contribution in [-0.4, -0.2) is 28.5 Å². The van der Waals surface area contributed by atoms with Gasteiger partial charge in [-0.3, -0.25) is 4.79 Å². The fourth-order valence-electron chi connectivity index (χ4n) is 2.89. The van der Waals surface area contributed by atoms with Crippen LogP contribution in [0.2, 0.25) is 0 Å². The Hall–Kier alpha value is -3.15. The van der Waals surface area contributed by atoms with Gasteiger partial charge in [-0.25, -0.2) is 9.97 Å². The first-order valence-electron chi connectivity index (χ1n) is 9.03. The number of hydrogen-bond donors (Lipinski definition) is 2. The van der Waals surface area contributed by atoms with Gasteiger partial charge in [0.25, 0.3) is 0 Å². The summed E-state index contributed by atoms with van der Waals surface area (Å²) in [5.41, 5.74) is 2.80. The third-order valence-electron chi connectivity index (χ3n) is 4.14. The molecule has 0 saturated carbocycles. The molecule has 1 amide bonds.